The molecule has 0 saturated heterocycles. The number of benzene rings is 10. The molecule has 0 aliphatic carbocycles. The highest BCUT2D eigenvalue weighted by molar-refractivity contribution is 6.29. The summed E-state index contributed by atoms with van der Waals surface area (Å²) in [5.41, 5.74) is 12.7. The summed E-state index contributed by atoms with van der Waals surface area (Å²) in [5, 5.41) is 11.9. The number of furan rings is 1. The fraction of sp³-hybridized carbons (Fsp3) is 0.0169. The third-order valence-corrected chi connectivity index (χ3v) is 12.9. The van der Waals surface area contributed by atoms with Crippen LogP contribution < -0.4 is 0 Å². The molecular formula is C59H37N3O. The van der Waals surface area contributed by atoms with Crippen molar-refractivity contribution in [2.24, 2.45) is 0 Å². The van der Waals surface area contributed by atoms with Gasteiger partial charge in [0.05, 0.1) is 16.7 Å². The van der Waals surface area contributed by atoms with E-state index in [1.807, 2.05) is 36.4 Å². The van der Waals surface area contributed by atoms with Gasteiger partial charge in [-0.05, 0) is 110 Å². The molecule has 4 heteroatoms. The van der Waals surface area contributed by atoms with Crippen molar-refractivity contribution in [1.82, 2.24) is 14.5 Å². The Balaban J connectivity index is 1.10. The zero-order valence-electron chi connectivity index (χ0n) is 34.4. The number of hydrogen-bond donors (Lipinski definition) is 0. The van der Waals surface area contributed by atoms with Gasteiger partial charge in [-0.1, -0.05) is 157 Å². The predicted octanol–water partition coefficient (Wildman–Crippen LogP) is 15.9. The molecule has 0 fully saturated rings. The Morgan fingerprint density at radius 1 is 0.333 bits per heavy atom. The Bertz CT molecular complexity index is 3900. The molecule has 63 heavy (non-hydrogen) atoms. The minimum absolute atomic E-state index is 0.684. The zero-order valence-corrected chi connectivity index (χ0v) is 34.4. The summed E-state index contributed by atoms with van der Waals surface area (Å²) in [4.78, 5) is 10.5. The molecular weight excluding hydrogens is 767 g/mol. The molecule has 0 atom stereocenters. The van der Waals surface area contributed by atoms with Crippen molar-refractivity contribution in [2.75, 3.05) is 0 Å². The standard InChI is InChI=1S/C59H37N3O/c1-36-20-22-37(23-21-36)40-26-29-54-51(31-40)52-33-49-44-17-9-8-16-43(44)48-30-41(42-25-28-47-46-18-10-11-19-56(46)63-57(47)32-42)24-27-45(48)50(49)34-55(52)62(54)58-35-53(38-12-4-2-5-13-38)60-59(61-58)39-14-6-3-7-15-39/h2-35H,1H3. The van der Waals surface area contributed by atoms with Crippen LogP contribution >= 0.6 is 0 Å². The summed E-state index contributed by atoms with van der Waals surface area (Å²) in [5.74, 6) is 1.50. The lowest BCUT2D eigenvalue weighted by Gasteiger charge is -2.14. The second-order valence-electron chi connectivity index (χ2n) is 16.6. The topological polar surface area (TPSA) is 43.9 Å². The molecule has 0 bridgehead atoms. The van der Waals surface area contributed by atoms with Crippen molar-refractivity contribution >= 4 is 76.1 Å². The molecule has 3 aromatic heterocycles. The van der Waals surface area contributed by atoms with Gasteiger partial charge in [0.1, 0.15) is 17.0 Å². The first-order valence-electron chi connectivity index (χ1n) is 21.5. The molecule has 13 rings (SSSR count). The first kappa shape index (κ1) is 35.4. The van der Waals surface area contributed by atoms with E-state index in [1.54, 1.807) is 0 Å². The average molecular weight is 804 g/mol. The molecule has 0 unspecified atom stereocenters. The van der Waals surface area contributed by atoms with E-state index in [-0.39, 0.29) is 0 Å². The SMILES string of the molecule is Cc1ccc(-c2ccc3c(c2)c2cc4c5ccccc5c5cc(-c6ccc7c(c6)oc6ccccc67)ccc5c4cc2n3-c2cc(-c3ccccc3)nc(-c3ccccc3)n2)cc1. The van der Waals surface area contributed by atoms with Gasteiger partial charge in [0, 0.05) is 38.7 Å². The summed E-state index contributed by atoms with van der Waals surface area (Å²) >= 11 is 0. The van der Waals surface area contributed by atoms with Gasteiger partial charge in [0.15, 0.2) is 5.82 Å². The van der Waals surface area contributed by atoms with Gasteiger partial charge in [-0.25, -0.2) is 9.97 Å². The summed E-state index contributed by atoms with van der Waals surface area (Å²) in [6.45, 7) is 2.14. The minimum atomic E-state index is 0.684. The summed E-state index contributed by atoms with van der Waals surface area (Å²) in [6.07, 6.45) is 0. The molecule has 0 aliphatic rings. The van der Waals surface area contributed by atoms with E-state index >= 15 is 0 Å². The normalized spacial score (nSPS) is 11.9. The number of nitrogens with zero attached hydrogens (tertiary/aromatic N) is 3. The number of fused-ring (bicyclic) bond motifs is 12. The van der Waals surface area contributed by atoms with E-state index in [0.29, 0.717) is 5.82 Å². The van der Waals surface area contributed by atoms with Crippen LogP contribution in [-0.4, -0.2) is 14.5 Å². The van der Waals surface area contributed by atoms with Crippen molar-refractivity contribution in [3.8, 4) is 50.7 Å². The lowest BCUT2D eigenvalue weighted by molar-refractivity contribution is 0.669. The van der Waals surface area contributed by atoms with Crippen molar-refractivity contribution in [3.05, 3.63) is 212 Å². The van der Waals surface area contributed by atoms with Crippen LogP contribution in [0.2, 0.25) is 0 Å². The minimum Gasteiger partial charge on any atom is -0.456 e. The molecule has 294 valence electrons. The Kier molecular flexibility index (Phi) is 7.79. The Hall–Kier alpha value is -8.34. The maximum Gasteiger partial charge on any atom is 0.162 e. The van der Waals surface area contributed by atoms with Crippen LogP contribution in [0.5, 0.6) is 0 Å². The fourth-order valence-electron chi connectivity index (χ4n) is 9.75. The van der Waals surface area contributed by atoms with Crippen LogP contribution in [0.25, 0.3) is 127 Å². The van der Waals surface area contributed by atoms with E-state index in [1.165, 1.54) is 59.8 Å². The van der Waals surface area contributed by atoms with Crippen molar-refractivity contribution in [1.29, 1.82) is 0 Å². The maximum atomic E-state index is 6.33. The first-order chi connectivity index (χ1) is 31.1. The Morgan fingerprint density at radius 3 is 1.65 bits per heavy atom. The van der Waals surface area contributed by atoms with Crippen molar-refractivity contribution in [2.45, 2.75) is 6.92 Å². The van der Waals surface area contributed by atoms with E-state index in [4.69, 9.17) is 14.4 Å². The number of aryl methyl sites for hydroxylation is 1. The number of rotatable bonds is 5. The third-order valence-electron chi connectivity index (χ3n) is 12.9. The molecule has 3 heterocycles. The number of para-hydroxylation sites is 1. The molecule has 0 saturated carbocycles. The third kappa shape index (κ3) is 5.69. The van der Waals surface area contributed by atoms with Crippen molar-refractivity contribution in [3.63, 3.8) is 0 Å². The van der Waals surface area contributed by atoms with Crippen LogP contribution in [0.4, 0.5) is 0 Å². The molecule has 0 spiro atoms. The molecule has 10 aromatic carbocycles. The van der Waals surface area contributed by atoms with Gasteiger partial charge in [-0.2, -0.15) is 0 Å². The van der Waals surface area contributed by atoms with Crippen LogP contribution in [-0.2, 0) is 0 Å². The monoisotopic (exact) mass is 803 g/mol. The van der Waals surface area contributed by atoms with Crippen LogP contribution in [0.15, 0.2) is 211 Å². The largest absolute Gasteiger partial charge is 0.456 e. The lowest BCUT2D eigenvalue weighted by Crippen LogP contribution is -2.02. The second kappa shape index (κ2) is 13.8. The fourth-order valence-corrected chi connectivity index (χ4v) is 9.75. The molecule has 0 N–H and O–H groups in total. The average Bonchev–Trinajstić information content (AvgIpc) is 3.88. The van der Waals surface area contributed by atoms with Gasteiger partial charge in [-0.3, -0.25) is 4.57 Å². The molecule has 0 radical (unpaired) electrons. The van der Waals surface area contributed by atoms with Crippen LogP contribution in [0.1, 0.15) is 5.56 Å². The van der Waals surface area contributed by atoms with Gasteiger partial charge in [0.25, 0.3) is 0 Å². The molecule has 0 aliphatic heterocycles. The smallest absolute Gasteiger partial charge is 0.162 e. The summed E-state index contributed by atoms with van der Waals surface area (Å²) < 4.78 is 8.68. The first-order valence-corrected chi connectivity index (χ1v) is 21.5. The predicted molar refractivity (Wildman–Crippen MR) is 263 cm³/mol. The molecule has 0 amide bonds. The highest BCUT2D eigenvalue weighted by atomic mass is 16.3. The van der Waals surface area contributed by atoms with Gasteiger partial charge < -0.3 is 4.42 Å². The summed E-state index contributed by atoms with van der Waals surface area (Å²) in [7, 11) is 0. The molecule has 13 aromatic rings. The van der Waals surface area contributed by atoms with Crippen molar-refractivity contribution < 1.29 is 4.42 Å². The van der Waals surface area contributed by atoms with Gasteiger partial charge in [-0.15, -0.1) is 0 Å². The maximum absolute atomic E-state index is 6.33. The highest BCUT2D eigenvalue weighted by Crippen LogP contribution is 2.43. The van der Waals surface area contributed by atoms with E-state index in [2.05, 4.69) is 181 Å². The van der Waals surface area contributed by atoms with Crippen LogP contribution in [0, 0.1) is 6.92 Å². The zero-order chi connectivity index (χ0) is 41.6. The second-order valence-corrected chi connectivity index (χ2v) is 16.6. The number of aromatic nitrogens is 3. The quantitative estimate of drug-likeness (QED) is 0.163. The van der Waals surface area contributed by atoms with Gasteiger partial charge in [0.2, 0.25) is 0 Å². The number of hydrogen-bond acceptors (Lipinski definition) is 3. The Morgan fingerprint density at radius 2 is 0.873 bits per heavy atom. The van der Waals surface area contributed by atoms with Gasteiger partial charge >= 0.3 is 0 Å². The van der Waals surface area contributed by atoms with E-state index < -0.39 is 0 Å². The van der Waals surface area contributed by atoms with E-state index in [0.717, 1.165) is 66.7 Å². The summed E-state index contributed by atoms with van der Waals surface area (Å²) in [6, 6.07) is 74.0. The Labute approximate surface area is 363 Å². The molecule has 4 nitrogen and oxygen atoms in total. The van der Waals surface area contributed by atoms with Crippen LogP contribution in [0.3, 0.4) is 0 Å². The van der Waals surface area contributed by atoms with E-state index in [9.17, 15) is 0 Å². The lowest BCUT2D eigenvalue weighted by atomic mass is 9.91. The highest BCUT2D eigenvalue weighted by Gasteiger charge is 2.20.